The predicted molar refractivity (Wildman–Crippen MR) is 127 cm³/mol. The molecule has 0 aliphatic rings. The second-order valence-corrected chi connectivity index (χ2v) is 7.67. The van der Waals surface area contributed by atoms with Crippen molar-refractivity contribution in [1.82, 2.24) is 5.43 Å². The van der Waals surface area contributed by atoms with E-state index in [0.717, 1.165) is 16.7 Å². The van der Waals surface area contributed by atoms with Crippen LogP contribution in [-0.2, 0) is 9.59 Å². The molecule has 3 aromatic carbocycles. The third-order valence-electron chi connectivity index (χ3n) is 5.07. The lowest BCUT2D eigenvalue weighted by Crippen LogP contribution is -2.33. The second kappa shape index (κ2) is 10.4. The fourth-order valence-corrected chi connectivity index (χ4v) is 2.88. The summed E-state index contributed by atoms with van der Waals surface area (Å²) >= 11 is 0. The van der Waals surface area contributed by atoms with Crippen molar-refractivity contribution in [1.29, 1.82) is 0 Å². The van der Waals surface area contributed by atoms with E-state index in [0.29, 0.717) is 28.3 Å². The van der Waals surface area contributed by atoms with E-state index in [-0.39, 0.29) is 0 Å². The molecule has 0 aliphatic carbocycles. The zero-order valence-electron chi connectivity index (χ0n) is 18.9. The SMILES string of the molecule is C/C(=N\NC(=O)C(=O)Nc1ccc(C)c(C)c1)c1ccc(OC(=O)c2ccc(C)cc2)cc1. The Morgan fingerprint density at radius 1 is 0.758 bits per heavy atom. The average molecular weight is 444 g/mol. The molecule has 2 amide bonds. The minimum Gasteiger partial charge on any atom is -0.423 e. The number of benzene rings is 3. The zero-order chi connectivity index (χ0) is 24.0. The maximum atomic E-state index is 12.2. The van der Waals surface area contributed by atoms with Gasteiger partial charge in [-0.25, -0.2) is 10.2 Å². The van der Waals surface area contributed by atoms with Crippen molar-refractivity contribution in [3.8, 4) is 5.75 Å². The Hall–Kier alpha value is -4.26. The summed E-state index contributed by atoms with van der Waals surface area (Å²) in [7, 11) is 0. The van der Waals surface area contributed by atoms with Crippen molar-refractivity contribution in [2.75, 3.05) is 5.32 Å². The van der Waals surface area contributed by atoms with Crippen LogP contribution in [0.4, 0.5) is 5.69 Å². The molecule has 3 rings (SSSR count). The zero-order valence-corrected chi connectivity index (χ0v) is 18.9. The van der Waals surface area contributed by atoms with Crippen molar-refractivity contribution in [3.05, 3.63) is 94.5 Å². The second-order valence-electron chi connectivity index (χ2n) is 7.67. The Morgan fingerprint density at radius 3 is 2.03 bits per heavy atom. The number of nitrogens with zero attached hydrogens (tertiary/aromatic N) is 1. The Balaban J connectivity index is 1.56. The number of hydrazone groups is 1. The minimum absolute atomic E-state index is 0.383. The standard InChI is InChI=1S/C26H25N3O4/c1-16-5-8-21(9-6-16)26(32)33-23-13-10-20(11-14-23)19(4)28-29-25(31)24(30)27-22-12-7-17(2)18(3)15-22/h5-15H,1-4H3,(H,27,30)(H,29,31)/b28-19+. The third-order valence-corrected chi connectivity index (χ3v) is 5.07. The fraction of sp³-hybridized carbons (Fsp3) is 0.154. The number of anilines is 1. The van der Waals surface area contributed by atoms with Crippen LogP contribution in [-0.4, -0.2) is 23.5 Å². The Kier molecular flexibility index (Phi) is 7.35. The van der Waals surface area contributed by atoms with Crippen LogP contribution in [0.1, 0.15) is 39.5 Å². The molecule has 3 aromatic rings. The topological polar surface area (TPSA) is 96.9 Å². The molecule has 0 bridgehead atoms. The molecule has 0 fully saturated rings. The summed E-state index contributed by atoms with van der Waals surface area (Å²) in [4.78, 5) is 36.4. The van der Waals surface area contributed by atoms with Crippen molar-refractivity contribution in [3.63, 3.8) is 0 Å². The Labute approximate surface area is 192 Å². The first-order valence-corrected chi connectivity index (χ1v) is 10.3. The molecule has 2 N–H and O–H groups in total. The highest BCUT2D eigenvalue weighted by Gasteiger charge is 2.14. The summed E-state index contributed by atoms with van der Waals surface area (Å²) in [5.41, 5.74) is 7.59. The van der Waals surface area contributed by atoms with Gasteiger partial charge in [0.1, 0.15) is 5.75 Å². The number of carbonyl (C=O) groups is 3. The van der Waals surface area contributed by atoms with E-state index >= 15 is 0 Å². The summed E-state index contributed by atoms with van der Waals surface area (Å²) in [6.45, 7) is 7.52. The summed E-state index contributed by atoms with van der Waals surface area (Å²) in [5.74, 6) is -1.76. The number of hydrogen-bond acceptors (Lipinski definition) is 5. The lowest BCUT2D eigenvalue weighted by atomic mass is 10.1. The van der Waals surface area contributed by atoms with Crippen LogP contribution < -0.4 is 15.5 Å². The third kappa shape index (κ3) is 6.36. The molecule has 168 valence electrons. The van der Waals surface area contributed by atoms with Crippen molar-refractivity contribution in [2.24, 2.45) is 5.10 Å². The van der Waals surface area contributed by atoms with E-state index in [1.165, 1.54) is 0 Å². The van der Waals surface area contributed by atoms with Gasteiger partial charge >= 0.3 is 17.8 Å². The smallest absolute Gasteiger partial charge is 0.343 e. The van der Waals surface area contributed by atoms with Crippen LogP contribution in [0.15, 0.2) is 71.8 Å². The van der Waals surface area contributed by atoms with E-state index in [9.17, 15) is 14.4 Å². The molecular formula is C26H25N3O4. The highest BCUT2D eigenvalue weighted by atomic mass is 16.5. The average Bonchev–Trinajstić information content (AvgIpc) is 2.80. The number of esters is 1. The predicted octanol–water partition coefficient (Wildman–Crippen LogP) is 4.31. The van der Waals surface area contributed by atoms with Gasteiger partial charge in [0, 0.05) is 5.69 Å². The van der Waals surface area contributed by atoms with Gasteiger partial charge in [0.2, 0.25) is 0 Å². The number of nitrogens with one attached hydrogen (secondary N) is 2. The van der Waals surface area contributed by atoms with Crippen LogP contribution >= 0.6 is 0 Å². The van der Waals surface area contributed by atoms with E-state index in [4.69, 9.17) is 4.74 Å². The molecule has 33 heavy (non-hydrogen) atoms. The first-order chi connectivity index (χ1) is 15.7. The number of aryl methyl sites for hydroxylation is 3. The quantitative estimate of drug-likeness (QED) is 0.202. The molecule has 0 radical (unpaired) electrons. The van der Waals surface area contributed by atoms with Crippen LogP contribution in [0.25, 0.3) is 0 Å². The van der Waals surface area contributed by atoms with Crippen LogP contribution in [0.2, 0.25) is 0 Å². The van der Waals surface area contributed by atoms with Crippen molar-refractivity contribution in [2.45, 2.75) is 27.7 Å². The molecule has 7 heteroatoms. The van der Waals surface area contributed by atoms with Gasteiger partial charge in [-0.2, -0.15) is 5.10 Å². The normalized spacial score (nSPS) is 11.0. The number of amides is 2. The molecule has 0 aromatic heterocycles. The van der Waals surface area contributed by atoms with E-state index in [2.05, 4.69) is 15.8 Å². The van der Waals surface area contributed by atoms with Crippen molar-refractivity contribution >= 4 is 29.2 Å². The highest BCUT2D eigenvalue weighted by molar-refractivity contribution is 6.39. The summed E-state index contributed by atoms with van der Waals surface area (Å²) < 4.78 is 5.38. The lowest BCUT2D eigenvalue weighted by molar-refractivity contribution is -0.136. The van der Waals surface area contributed by atoms with Gasteiger partial charge in [-0.05, 0) is 92.9 Å². The van der Waals surface area contributed by atoms with Crippen LogP contribution in [0.3, 0.4) is 0 Å². The van der Waals surface area contributed by atoms with Gasteiger partial charge in [-0.1, -0.05) is 23.8 Å². The van der Waals surface area contributed by atoms with Crippen molar-refractivity contribution < 1.29 is 19.1 Å². The summed E-state index contributed by atoms with van der Waals surface area (Å²) in [5, 5.41) is 6.53. The molecule has 0 spiro atoms. The van der Waals surface area contributed by atoms with Gasteiger partial charge in [0.15, 0.2) is 0 Å². The largest absolute Gasteiger partial charge is 0.423 e. The maximum absolute atomic E-state index is 12.2. The summed E-state index contributed by atoms with van der Waals surface area (Å²) in [6, 6.07) is 19.2. The monoisotopic (exact) mass is 443 g/mol. The molecular weight excluding hydrogens is 418 g/mol. The number of rotatable bonds is 5. The maximum Gasteiger partial charge on any atom is 0.343 e. The van der Waals surface area contributed by atoms with Crippen LogP contribution in [0, 0.1) is 20.8 Å². The summed E-state index contributed by atoms with van der Waals surface area (Å²) in [6.07, 6.45) is 0. The lowest BCUT2D eigenvalue weighted by Gasteiger charge is -2.08. The minimum atomic E-state index is -0.878. The Bertz CT molecular complexity index is 1210. The van der Waals surface area contributed by atoms with E-state index < -0.39 is 17.8 Å². The molecule has 0 atom stereocenters. The number of hydrogen-bond donors (Lipinski definition) is 2. The van der Waals surface area contributed by atoms with Gasteiger partial charge < -0.3 is 10.1 Å². The highest BCUT2D eigenvalue weighted by Crippen LogP contribution is 2.16. The van der Waals surface area contributed by atoms with Gasteiger partial charge in [0.25, 0.3) is 0 Å². The Morgan fingerprint density at radius 2 is 1.39 bits per heavy atom. The van der Waals surface area contributed by atoms with E-state index in [1.807, 2.05) is 39.0 Å². The molecule has 7 nitrogen and oxygen atoms in total. The fourth-order valence-electron chi connectivity index (χ4n) is 2.88. The van der Waals surface area contributed by atoms with E-state index in [1.54, 1.807) is 55.5 Å². The molecule has 0 saturated carbocycles. The number of carbonyl (C=O) groups excluding carboxylic acids is 3. The first-order valence-electron chi connectivity index (χ1n) is 10.3. The van der Waals surface area contributed by atoms with Gasteiger partial charge in [-0.15, -0.1) is 0 Å². The number of ether oxygens (including phenoxy) is 1. The van der Waals surface area contributed by atoms with Gasteiger partial charge in [0.05, 0.1) is 11.3 Å². The molecule has 0 unspecified atom stereocenters. The first kappa shape index (κ1) is 23.4. The van der Waals surface area contributed by atoms with Crippen LogP contribution in [0.5, 0.6) is 5.75 Å². The molecule has 0 heterocycles. The molecule has 0 saturated heterocycles. The van der Waals surface area contributed by atoms with Gasteiger partial charge in [-0.3, -0.25) is 9.59 Å². The molecule has 0 aliphatic heterocycles.